The van der Waals surface area contributed by atoms with E-state index in [1.807, 2.05) is 6.92 Å². The zero-order valence-corrected chi connectivity index (χ0v) is 19.8. The van der Waals surface area contributed by atoms with Crippen LogP contribution in [0, 0.1) is 22.7 Å². The molecule has 0 radical (unpaired) electrons. The van der Waals surface area contributed by atoms with Crippen LogP contribution in [-0.2, 0) is 20.7 Å². The van der Waals surface area contributed by atoms with Crippen LogP contribution < -0.4 is 0 Å². The number of fused-ring (bicyclic) bond motifs is 2. The van der Waals surface area contributed by atoms with Gasteiger partial charge in [0.15, 0.2) is 11.5 Å². The lowest BCUT2D eigenvalue weighted by molar-refractivity contribution is -0.165. The number of aromatic hydroxyl groups is 2. The molecule has 0 spiro atoms. The molecule has 1 aliphatic heterocycles. The molecule has 32 heavy (non-hydrogen) atoms. The number of benzene rings is 1. The Labute approximate surface area is 190 Å². The van der Waals surface area contributed by atoms with Crippen molar-refractivity contribution in [3.8, 4) is 11.5 Å². The minimum Gasteiger partial charge on any atom is -0.504 e. The molecular weight excluding hydrogens is 406 g/mol. The highest BCUT2D eigenvalue weighted by molar-refractivity contribution is 5.86. The molecule has 1 amide bonds. The van der Waals surface area contributed by atoms with Gasteiger partial charge >= 0.3 is 5.97 Å². The predicted octanol–water partition coefficient (Wildman–Crippen LogP) is 4.42. The SMILES string of the molecule is C[C@H](CCc1ccc(O)c(O)c1)C(=O)N1CCC[C@H]1C(=O)OC1CC2CCC1(C)C2(C)C. The summed E-state index contributed by atoms with van der Waals surface area (Å²) in [5.74, 6) is -0.178. The number of hydrogen-bond acceptors (Lipinski definition) is 5. The first-order valence-corrected chi connectivity index (χ1v) is 12.1. The Kier molecular flexibility index (Phi) is 5.93. The van der Waals surface area contributed by atoms with E-state index in [-0.39, 0.29) is 46.2 Å². The van der Waals surface area contributed by atoms with Crippen LogP contribution in [0.5, 0.6) is 11.5 Å². The first kappa shape index (κ1) is 22.9. The molecule has 2 N–H and O–H groups in total. The molecule has 4 rings (SSSR count). The average molecular weight is 444 g/mol. The number of esters is 1. The summed E-state index contributed by atoms with van der Waals surface area (Å²) >= 11 is 0. The Morgan fingerprint density at radius 3 is 2.56 bits per heavy atom. The third-order valence-corrected chi connectivity index (χ3v) is 9.11. The zero-order valence-electron chi connectivity index (χ0n) is 19.8. The van der Waals surface area contributed by atoms with Crippen molar-refractivity contribution in [2.24, 2.45) is 22.7 Å². The molecule has 1 aromatic rings. The molecule has 5 atom stereocenters. The van der Waals surface area contributed by atoms with Crippen molar-refractivity contribution in [1.29, 1.82) is 0 Å². The van der Waals surface area contributed by atoms with E-state index in [4.69, 9.17) is 4.74 Å². The Hall–Kier alpha value is -2.24. The van der Waals surface area contributed by atoms with Gasteiger partial charge in [0.25, 0.3) is 0 Å². The second kappa shape index (κ2) is 8.27. The van der Waals surface area contributed by atoms with Crippen LogP contribution in [0.2, 0.25) is 0 Å². The summed E-state index contributed by atoms with van der Waals surface area (Å²) < 4.78 is 6.10. The lowest BCUT2D eigenvalue weighted by Gasteiger charge is -2.39. The van der Waals surface area contributed by atoms with Crippen LogP contribution in [0.1, 0.15) is 71.8 Å². The second-order valence-electron chi connectivity index (χ2n) is 11.0. The standard InChI is InChI=1S/C26H37NO5/c1-16(7-8-17-9-10-20(28)21(29)14-17)23(30)27-13-5-6-19(27)24(31)32-22-15-18-11-12-26(22,4)25(18,2)3/h9-10,14,16,18-19,22,28-29H,5-8,11-13,15H2,1-4H3/t16-,18?,19+,22?,26?/m1/s1. The Bertz CT molecular complexity index is 896. The number of phenolic OH excluding ortho intramolecular Hbond substituents is 2. The van der Waals surface area contributed by atoms with Gasteiger partial charge in [0.05, 0.1) is 0 Å². The summed E-state index contributed by atoms with van der Waals surface area (Å²) in [6, 6.07) is 4.26. The topological polar surface area (TPSA) is 87.1 Å². The normalized spacial score (nSPS) is 31.6. The van der Waals surface area contributed by atoms with E-state index < -0.39 is 6.04 Å². The minimum atomic E-state index is -0.478. The van der Waals surface area contributed by atoms with Gasteiger partial charge in [-0.1, -0.05) is 33.8 Å². The number of carbonyl (C=O) groups excluding carboxylic acids is 2. The van der Waals surface area contributed by atoms with Crippen LogP contribution in [0.4, 0.5) is 0 Å². The minimum absolute atomic E-state index is 0.00747. The number of phenols is 2. The monoisotopic (exact) mass is 443 g/mol. The summed E-state index contributed by atoms with van der Waals surface area (Å²) in [6.07, 6.45) is 5.90. The fraction of sp³-hybridized carbons (Fsp3) is 0.692. The lowest BCUT2D eigenvalue weighted by atomic mass is 9.70. The van der Waals surface area contributed by atoms with Crippen molar-refractivity contribution in [1.82, 2.24) is 4.90 Å². The average Bonchev–Trinajstić information content (AvgIpc) is 3.37. The van der Waals surface area contributed by atoms with Crippen molar-refractivity contribution < 1.29 is 24.5 Å². The lowest BCUT2D eigenvalue weighted by Crippen LogP contribution is -2.46. The molecule has 3 aliphatic rings. The predicted molar refractivity (Wildman–Crippen MR) is 121 cm³/mol. The highest BCUT2D eigenvalue weighted by Gasteiger charge is 2.63. The quantitative estimate of drug-likeness (QED) is 0.502. The van der Waals surface area contributed by atoms with Crippen molar-refractivity contribution in [2.45, 2.75) is 84.8 Å². The smallest absolute Gasteiger partial charge is 0.329 e. The molecule has 1 saturated heterocycles. The molecule has 6 heteroatoms. The molecule has 176 valence electrons. The van der Waals surface area contributed by atoms with Gasteiger partial charge in [-0.25, -0.2) is 4.79 Å². The van der Waals surface area contributed by atoms with E-state index in [1.54, 1.807) is 11.0 Å². The highest BCUT2D eigenvalue weighted by Crippen LogP contribution is 2.66. The number of carbonyl (C=O) groups is 2. The summed E-state index contributed by atoms with van der Waals surface area (Å²) in [6.45, 7) is 9.36. The molecular formula is C26H37NO5. The fourth-order valence-electron chi connectivity index (χ4n) is 6.32. The van der Waals surface area contributed by atoms with E-state index in [2.05, 4.69) is 20.8 Å². The number of likely N-dealkylation sites (tertiary alicyclic amines) is 1. The maximum atomic E-state index is 13.2. The summed E-state index contributed by atoms with van der Waals surface area (Å²) in [5.41, 5.74) is 1.06. The molecule has 3 unspecified atom stereocenters. The van der Waals surface area contributed by atoms with Crippen molar-refractivity contribution in [3.05, 3.63) is 23.8 Å². The van der Waals surface area contributed by atoms with E-state index >= 15 is 0 Å². The molecule has 2 aliphatic carbocycles. The van der Waals surface area contributed by atoms with Crippen molar-refractivity contribution in [2.75, 3.05) is 6.54 Å². The van der Waals surface area contributed by atoms with Crippen LogP contribution in [0.15, 0.2) is 18.2 Å². The van der Waals surface area contributed by atoms with Gasteiger partial charge in [-0.2, -0.15) is 0 Å². The fourth-order valence-corrected chi connectivity index (χ4v) is 6.32. The molecule has 1 aromatic carbocycles. The number of ether oxygens (including phenoxy) is 1. The van der Waals surface area contributed by atoms with Gasteiger partial charge in [-0.05, 0) is 74.0 Å². The molecule has 1 heterocycles. The van der Waals surface area contributed by atoms with E-state index in [9.17, 15) is 19.8 Å². The third kappa shape index (κ3) is 3.75. The van der Waals surface area contributed by atoms with Gasteiger partial charge in [0.1, 0.15) is 12.1 Å². The van der Waals surface area contributed by atoms with E-state index in [1.165, 1.54) is 18.6 Å². The van der Waals surface area contributed by atoms with E-state index in [0.29, 0.717) is 31.7 Å². The van der Waals surface area contributed by atoms with E-state index in [0.717, 1.165) is 24.8 Å². The largest absolute Gasteiger partial charge is 0.504 e. The summed E-state index contributed by atoms with van der Waals surface area (Å²) in [7, 11) is 0. The van der Waals surface area contributed by atoms with Gasteiger partial charge < -0.3 is 19.8 Å². The van der Waals surface area contributed by atoms with Crippen molar-refractivity contribution >= 4 is 11.9 Å². The number of nitrogens with zero attached hydrogens (tertiary/aromatic N) is 1. The molecule has 2 bridgehead atoms. The number of amides is 1. The molecule has 2 saturated carbocycles. The Morgan fingerprint density at radius 1 is 1.19 bits per heavy atom. The summed E-state index contributed by atoms with van der Waals surface area (Å²) in [5, 5.41) is 19.1. The number of rotatable bonds is 6. The van der Waals surface area contributed by atoms with Crippen LogP contribution >= 0.6 is 0 Å². The van der Waals surface area contributed by atoms with Crippen molar-refractivity contribution in [3.63, 3.8) is 0 Å². The Morgan fingerprint density at radius 2 is 1.94 bits per heavy atom. The van der Waals surface area contributed by atoms with Gasteiger partial charge in [0.2, 0.25) is 5.91 Å². The maximum Gasteiger partial charge on any atom is 0.329 e. The second-order valence-corrected chi connectivity index (χ2v) is 11.0. The van der Waals surface area contributed by atoms with Gasteiger partial charge in [-0.15, -0.1) is 0 Å². The van der Waals surface area contributed by atoms with Gasteiger partial charge in [0, 0.05) is 17.9 Å². The zero-order chi connectivity index (χ0) is 23.3. The van der Waals surface area contributed by atoms with Crippen LogP contribution in [-0.4, -0.2) is 45.7 Å². The van der Waals surface area contributed by atoms with Crippen LogP contribution in [0.25, 0.3) is 0 Å². The molecule has 6 nitrogen and oxygen atoms in total. The molecule has 3 fully saturated rings. The first-order chi connectivity index (χ1) is 15.0. The summed E-state index contributed by atoms with van der Waals surface area (Å²) in [4.78, 5) is 28.0. The highest BCUT2D eigenvalue weighted by atomic mass is 16.5. The number of hydrogen-bond donors (Lipinski definition) is 2. The van der Waals surface area contributed by atoms with Gasteiger partial charge in [-0.3, -0.25) is 4.79 Å². The number of aryl methyl sites for hydroxylation is 1. The third-order valence-electron chi connectivity index (χ3n) is 9.11. The first-order valence-electron chi connectivity index (χ1n) is 12.1. The molecule has 0 aromatic heterocycles. The van der Waals surface area contributed by atoms with Crippen LogP contribution in [0.3, 0.4) is 0 Å². The Balaban J connectivity index is 1.35. The maximum absolute atomic E-state index is 13.2.